The summed E-state index contributed by atoms with van der Waals surface area (Å²) < 4.78 is 12.0. The lowest BCUT2D eigenvalue weighted by atomic mass is 10.00. The minimum atomic E-state index is -0.287. The molecular weight excluding hydrogens is 328 g/mol. The molecule has 2 rings (SSSR count). The smallest absolute Gasteiger partial charge is 0.123 e. The van der Waals surface area contributed by atoms with Crippen molar-refractivity contribution in [1.29, 1.82) is 0 Å². The molecule has 0 fully saturated rings. The Labute approximate surface area is 126 Å². The summed E-state index contributed by atoms with van der Waals surface area (Å²) in [4.78, 5) is 0. The molecule has 4 heteroatoms. The monoisotopic (exact) mass is 342 g/mol. The van der Waals surface area contributed by atoms with Gasteiger partial charge in [-0.25, -0.2) is 0 Å². The van der Waals surface area contributed by atoms with Gasteiger partial charge in [0.1, 0.15) is 17.3 Å². The Hall–Kier alpha value is -0.930. The van der Waals surface area contributed by atoms with E-state index in [0.717, 1.165) is 38.4 Å². The van der Waals surface area contributed by atoms with Gasteiger partial charge < -0.3 is 9.15 Å². The molecule has 2 nitrogen and oxygen atoms in total. The second-order valence-electron chi connectivity index (χ2n) is 4.50. The van der Waals surface area contributed by atoms with Gasteiger partial charge in [-0.15, -0.1) is 11.6 Å². The van der Waals surface area contributed by atoms with Crippen LogP contribution in [0, 0.1) is 20.8 Å². The van der Waals surface area contributed by atoms with E-state index in [1.165, 1.54) is 0 Å². The van der Waals surface area contributed by atoms with Crippen LogP contribution in [0.15, 0.2) is 27.1 Å². The van der Waals surface area contributed by atoms with Gasteiger partial charge in [0.05, 0.1) is 12.5 Å². The summed E-state index contributed by atoms with van der Waals surface area (Å²) in [6, 6.07) is 5.83. The van der Waals surface area contributed by atoms with Gasteiger partial charge in [-0.3, -0.25) is 0 Å². The summed E-state index contributed by atoms with van der Waals surface area (Å²) in [5, 5.41) is -0.287. The number of aryl methyl sites for hydroxylation is 2. The number of furan rings is 1. The molecule has 0 saturated carbocycles. The van der Waals surface area contributed by atoms with Gasteiger partial charge in [0.2, 0.25) is 0 Å². The highest BCUT2D eigenvalue weighted by Crippen LogP contribution is 2.40. The molecule has 0 aliphatic rings. The Morgan fingerprint density at radius 2 is 1.89 bits per heavy atom. The number of alkyl halides is 1. The molecule has 102 valence electrons. The van der Waals surface area contributed by atoms with E-state index in [1.54, 1.807) is 7.11 Å². The maximum absolute atomic E-state index is 6.65. The lowest BCUT2D eigenvalue weighted by Gasteiger charge is -2.15. The molecule has 1 atom stereocenters. The van der Waals surface area contributed by atoms with E-state index in [9.17, 15) is 0 Å². The summed E-state index contributed by atoms with van der Waals surface area (Å²) in [5.74, 6) is 2.55. The number of hydrogen-bond acceptors (Lipinski definition) is 2. The molecule has 0 amide bonds. The predicted molar refractivity (Wildman–Crippen MR) is 81.3 cm³/mol. The normalized spacial score (nSPS) is 12.5. The summed E-state index contributed by atoms with van der Waals surface area (Å²) >= 11 is 10.1. The number of methoxy groups -OCH3 is 1. The predicted octanol–water partition coefficient (Wildman–Crippen LogP) is 5.30. The Morgan fingerprint density at radius 1 is 1.21 bits per heavy atom. The molecule has 0 N–H and O–H groups in total. The van der Waals surface area contributed by atoms with Crippen molar-refractivity contribution in [3.63, 3.8) is 0 Å². The highest BCUT2D eigenvalue weighted by molar-refractivity contribution is 9.10. The van der Waals surface area contributed by atoms with Gasteiger partial charge in [-0.2, -0.15) is 0 Å². The SMILES string of the molecule is COc1ccc(Br)cc1C(Cl)c1c(C)oc(C)c1C. The second-order valence-corrected chi connectivity index (χ2v) is 5.85. The minimum Gasteiger partial charge on any atom is -0.496 e. The molecule has 0 saturated heterocycles. The molecular formula is C15H16BrClO2. The first kappa shape index (κ1) is 14.5. The third-order valence-electron chi connectivity index (χ3n) is 3.34. The molecule has 19 heavy (non-hydrogen) atoms. The molecule has 0 bridgehead atoms. The quantitative estimate of drug-likeness (QED) is 0.705. The van der Waals surface area contributed by atoms with Gasteiger partial charge in [-0.05, 0) is 44.5 Å². The number of ether oxygens (including phenoxy) is 1. The van der Waals surface area contributed by atoms with Crippen LogP contribution in [0.4, 0.5) is 0 Å². The topological polar surface area (TPSA) is 22.4 Å². The summed E-state index contributed by atoms with van der Waals surface area (Å²) in [6.07, 6.45) is 0. The first-order valence-corrected chi connectivity index (χ1v) is 7.22. The number of hydrogen-bond donors (Lipinski definition) is 0. The van der Waals surface area contributed by atoms with Gasteiger partial charge in [0.25, 0.3) is 0 Å². The van der Waals surface area contributed by atoms with Crippen LogP contribution >= 0.6 is 27.5 Å². The molecule has 1 aromatic carbocycles. The zero-order chi connectivity index (χ0) is 14.2. The van der Waals surface area contributed by atoms with Gasteiger partial charge in [-0.1, -0.05) is 15.9 Å². The fourth-order valence-corrected chi connectivity index (χ4v) is 3.11. The van der Waals surface area contributed by atoms with E-state index in [0.29, 0.717) is 0 Å². The zero-order valence-corrected chi connectivity index (χ0v) is 13.7. The van der Waals surface area contributed by atoms with Crippen molar-refractivity contribution in [2.75, 3.05) is 7.11 Å². The maximum Gasteiger partial charge on any atom is 0.123 e. The fourth-order valence-electron chi connectivity index (χ4n) is 2.24. The fraction of sp³-hybridized carbons (Fsp3) is 0.333. The molecule has 0 radical (unpaired) electrons. The lowest BCUT2D eigenvalue weighted by Crippen LogP contribution is -1.99. The highest BCUT2D eigenvalue weighted by Gasteiger charge is 2.23. The van der Waals surface area contributed by atoms with E-state index in [1.807, 2.05) is 39.0 Å². The van der Waals surface area contributed by atoms with Gasteiger partial charge >= 0.3 is 0 Å². The van der Waals surface area contributed by atoms with Crippen LogP contribution < -0.4 is 4.74 Å². The van der Waals surface area contributed by atoms with Crippen LogP contribution in [-0.4, -0.2) is 7.11 Å². The average Bonchev–Trinajstić information content (AvgIpc) is 2.62. The van der Waals surface area contributed by atoms with Crippen molar-refractivity contribution in [2.45, 2.75) is 26.1 Å². The van der Waals surface area contributed by atoms with E-state index in [4.69, 9.17) is 20.8 Å². The summed E-state index contributed by atoms with van der Waals surface area (Å²) in [6.45, 7) is 5.92. The Bertz CT molecular complexity index is 604. The molecule has 0 aliphatic carbocycles. The van der Waals surface area contributed by atoms with E-state index in [2.05, 4.69) is 15.9 Å². The summed E-state index contributed by atoms with van der Waals surface area (Å²) in [7, 11) is 1.65. The standard InChI is InChI=1S/C15H16BrClO2/c1-8-9(2)19-10(3)14(8)15(17)12-7-11(16)5-6-13(12)18-4/h5-7,15H,1-4H3. The molecule has 0 spiro atoms. The average molecular weight is 344 g/mol. The molecule has 1 unspecified atom stereocenters. The van der Waals surface area contributed by atoms with Crippen LogP contribution in [-0.2, 0) is 0 Å². The Balaban J connectivity index is 2.55. The third kappa shape index (κ3) is 2.67. The number of benzene rings is 1. The molecule has 2 aromatic rings. The Kier molecular flexibility index (Phi) is 4.26. The number of rotatable bonds is 3. The first-order valence-electron chi connectivity index (χ1n) is 5.99. The minimum absolute atomic E-state index is 0.287. The maximum atomic E-state index is 6.65. The summed E-state index contributed by atoms with van der Waals surface area (Å²) in [5.41, 5.74) is 3.06. The van der Waals surface area contributed by atoms with E-state index < -0.39 is 0 Å². The van der Waals surface area contributed by atoms with E-state index >= 15 is 0 Å². The van der Waals surface area contributed by atoms with Crippen LogP contribution in [0.3, 0.4) is 0 Å². The molecule has 1 heterocycles. The van der Waals surface area contributed by atoms with Crippen molar-refractivity contribution < 1.29 is 9.15 Å². The van der Waals surface area contributed by atoms with Gasteiger partial charge in [0.15, 0.2) is 0 Å². The number of halogens is 2. The van der Waals surface area contributed by atoms with E-state index in [-0.39, 0.29) is 5.38 Å². The Morgan fingerprint density at radius 3 is 2.42 bits per heavy atom. The van der Waals surface area contributed by atoms with Crippen LogP contribution in [0.1, 0.15) is 33.6 Å². The van der Waals surface area contributed by atoms with Crippen molar-refractivity contribution in [1.82, 2.24) is 0 Å². The molecule has 1 aromatic heterocycles. The van der Waals surface area contributed by atoms with Crippen molar-refractivity contribution in [3.05, 3.63) is 50.9 Å². The highest BCUT2D eigenvalue weighted by atomic mass is 79.9. The first-order chi connectivity index (χ1) is 8.95. The van der Waals surface area contributed by atoms with Crippen molar-refractivity contribution in [3.8, 4) is 5.75 Å². The third-order valence-corrected chi connectivity index (χ3v) is 4.28. The van der Waals surface area contributed by atoms with Crippen molar-refractivity contribution in [2.24, 2.45) is 0 Å². The van der Waals surface area contributed by atoms with Crippen molar-refractivity contribution >= 4 is 27.5 Å². The van der Waals surface area contributed by atoms with Crippen LogP contribution in [0.2, 0.25) is 0 Å². The lowest BCUT2D eigenvalue weighted by molar-refractivity contribution is 0.410. The zero-order valence-electron chi connectivity index (χ0n) is 11.4. The van der Waals surface area contributed by atoms with Crippen LogP contribution in [0.5, 0.6) is 5.75 Å². The van der Waals surface area contributed by atoms with Gasteiger partial charge in [0, 0.05) is 15.6 Å². The van der Waals surface area contributed by atoms with Crippen LogP contribution in [0.25, 0.3) is 0 Å². The molecule has 0 aliphatic heterocycles. The largest absolute Gasteiger partial charge is 0.496 e. The second kappa shape index (κ2) is 5.59.